The number of unbranched alkanes of at least 4 members (excludes halogenated alkanes) is 2. The van der Waals surface area contributed by atoms with Crippen LogP contribution < -0.4 is 10.9 Å². The minimum Gasteiger partial charge on any atom is -0.481 e. The zero-order valence-corrected chi connectivity index (χ0v) is 19.9. The van der Waals surface area contributed by atoms with E-state index in [4.69, 9.17) is 17.3 Å². The van der Waals surface area contributed by atoms with Crippen molar-refractivity contribution in [3.63, 3.8) is 0 Å². The summed E-state index contributed by atoms with van der Waals surface area (Å²) in [6.07, 6.45) is 5.26. The maximum atomic E-state index is 13.3. The molecule has 1 aliphatic rings. The number of rotatable bonds is 9. The molecule has 2 N–H and O–H groups in total. The number of aromatic nitrogens is 2. The number of carboxylic acids is 1. The fourth-order valence-electron chi connectivity index (χ4n) is 3.37. The number of hydrogen-bond acceptors (Lipinski definition) is 7. The van der Waals surface area contributed by atoms with Crippen LogP contribution in [-0.4, -0.2) is 48.2 Å². The van der Waals surface area contributed by atoms with E-state index in [2.05, 4.69) is 10.3 Å². The molecule has 1 fully saturated rings. The van der Waals surface area contributed by atoms with E-state index in [1.54, 1.807) is 18.3 Å². The second kappa shape index (κ2) is 10.3. The van der Waals surface area contributed by atoms with Crippen LogP contribution >= 0.6 is 24.0 Å². The van der Waals surface area contributed by atoms with Gasteiger partial charge in [-0.15, -0.1) is 0 Å². The number of amides is 1. The number of aryl methyl sites for hydroxylation is 1. The number of carbonyl (C=O) groups is 2. The maximum Gasteiger partial charge on any atom is 0.303 e. The molecule has 8 nitrogen and oxygen atoms in total. The smallest absolute Gasteiger partial charge is 0.303 e. The maximum absolute atomic E-state index is 13.3. The van der Waals surface area contributed by atoms with Gasteiger partial charge < -0.3 is 10.4 Å². The van der Waals surface area contributed by atoms with E-state index >= 15 is 0 Å². The van der Waals surface area contributed by atoms with Crippen LogP contribution in [0.2, 0.25) is 0 Å². The molecule has 2 aromatic heterocycles. The zero-order chi connectivity index (χ0) is 23.4. The van der Waals surface area contributed by atoms with Crippen molar-refractivity contribution in [2.45, 2.75) is 52.5 Å². The normalized spacial score (nSPS) is 15.4. The molecule has 170 valence electrons. The van der Waals surface area contributed by atoms with Crippen LogP contribution in [0.15, 0.2) is 28.0 Å². The first-order chi connectivity index (χ1) is 15.2. The lowest BCUT2D eigenvalue weighted by atomic mass is 10.2. The number of nitrogens with zero attached hydrogens (tertiary/aromatic N) is 3. The molecular formula is C22H26N4O4S2. The number of carboxylic acid groups (broad SMARTS) is 1. The lowest BCUT2D eigenvalue weighted by Crippen LogP contribution is -2.29. The average molecular weight is 475 g/mol. The number of aliphatic carboxylic acids is 1. The van der Waals surface area contributed by atoms with Crippen molar-refractivity contribution in [1.82, 2.24) is 14.3 Å². The second-order valence-corrected chi connectivity index (χ2v) is 9.58. The summed E-state index contributed by atoms with van der Waals surface area (Å²) in [5.41, 5.74) is 1.48. The predicted octanol–water partition coefficient (Wildman–Crippen LogP) is 3.67. The van der Waals surface area contributed by atoms with Gasteiger partial charge in [-0.3, -0.25) is 23.7 Å². The van der Waals surface area contributed by atoms with Crippen LogP contribution in [0.4, 0.5) is 5.82 Å². The van der Waals surface area contributed by atoms with Crippen molar-refractivity contribution < 1.29 is 14.7 Å². The van der Waals surface area contributed by atoms with Crippen molar-refractivity contribution in [3.8, 4) is 0 Å². The van der Waals surface area contributed by atoms with E-state index in [9.17, 15) is 14.4 Å². The van der Waals surface area contributed by atoms with Crippen molar-refractivity contribution in [1.29, 1.82) is 0 Å². The molecule has 0 saturated carbocycles. The number of anilines is 1. The first-order valence-electron chi connectivity index (χ1n) is 10.4. The van der Waals surface area contributed by atoms with E-state index in [0.717, 1.165) is 17.3 Å². The summed E-state index contributed by atoms with van der Waals surface area (Å²) >= 11 is 6.54. The van der Waals surface area contributed by atoms with Gasteiger partial charge in [-0.1, -0.05) is 36.5 Å². The van der Waals surface area contributed by atoms with Crippen molar-refractivity contribution >= 4 is 57.7 Å². The molecule has 0 atom stereocenters. The Labute approximate surface area is 195 Å². The Balaban J connectivity index is 1.90. The fraction of sp³-hybridized carbons (Fsp3) is 0.409. The number of nitrogens with one attached hydrogen (secondary N) is 1. The number of carbonyl (C=O) groups excluding carboxylic acids is 1. The Morgan fingerprint density at radius 1 is 1.31 bits per heavy atom. The summed E-state index contributed by atoms with van der Waals surface area (Å²) in [5.74, 6) is -0.643. The first-order valence-corrected chi connectivity index (χ1v) is 11.7. The summed E-state index contributed by atoms with van der Waals surface area (Å²) in [5, 5.41) is 11.9. The Morgan fingerprint density at radius 2 is 2.06 bits per heavy atom. The van der Waals surface area contributed by atoms with Gasteiger partial charge in [-0.05, 0) is 51.3 Å². The highest BCUT2D eigenvalue weighted by molar-refractivity contribution is 8.26. The third-order valence-electron chi connectivity index (χ3n) is 4.93. The molecule has 0 aliphatic carbocycles. The van der Waals surface area contributed by atoms with Gasteiger partial charge in [0.05, 0.1) is 10.5 Å². The molecule has 32 heavy (non-hydrogen) atoms. The van der Waals surface area contributed by atoms with Gasteiger partial charge in [0.1, 0.15) is 15.8 Å². The highest BCUT2D eigenvalue weighted by Crippen LogP contribution is 2.33. The van der Waals surface area contributed by atoms with E-state index in [-0.39, 0.29) is 23.9 Å². The molecule has 1 aliphatic heterocycles. The molecule has 0 spiro atoms. The minimum atomic E-state index is -0.824. The van der Waals surface area contributed by atoms with E-state index in [0.29, 0.717) is 52.1 Å². The quantitative estimate of drug-likeness (QED) is 0.322. The Kier molecular flexibility index (Phi) is 7.68. The molecule has 2 aromatic rings. The number of thiocarbonyl (C=S) groups is 1. The summed E-state index contributed by atoms with van der Waals surface area (Å²) in [6.45, 7) is 6.22. The van der Waals surface area contributed by atoms with Crippen LogP contribution in [0.3, 0.4) is 0 Å². The van der Waals surface area contributed by atoms with E-state index in [1.165, 1.54) is 9.30 Å². The van der Waals surface area contributed by atoms with Crippen LogP contribution in [0.25, 0.3) is 11.7 Å². The van der Waals surface area contributed by atoms with Gasteiger partial charge >= 0.3 is 5.97 Å². The highest BCUT2D eigenvalue weighted by atomic mass is 32.2. The molecule has 10 heteroatoms. The minimum absolute atomic E-state index is 0.0424. The molecule has 1 saturated heterocycles. The number of thioether (sulfide) groups is 1. The van der Waals surface area contributed by atoms with Crippen LogP contribution in [0, 0.1) is 6.92 Å². The summed E-state index contributed by atoms with van der Waals surface area (Å²) in [7, 11) is 0. The molecular weight excluding hydrogens is 448 g/mol. The summed E-state index contributed by atoms with van der Waals surface area (Å²) in [6, 6.07) is 3.72. The monoisotopic (exact) mass is 474 g/mol. The van der Waals surface area contributed by atoms with Crippen LogP contribution in [0.1, 0.15) is 50.7 Å². The van der Waals surface area contributed by atoms with Gasteiger partial charge in [0.25, 0.3) is 11.5 Å². The van der Waals surface area contributed by atoms with Crippen molar-refractivity contribution in [2.24, 2.45) is 0 Å². The zero-order valence-electron chi connectivity index (χ0n) is 18.3. The number of fused-ring (bicyclic) bond motifs is 1. The van der Waals surface area contributed by atoms with Crippen molar-refractivity contribution in [3.05, 3.63) is 44.7 Å². The number of pyridine rings is 1. The Morgan fingerprint density at radius 3 is 2.75 bits per heavy atom. The molecule has 0 unspecified atom stereocenters. The highest BCUT2D eigenvalue weighted by Gasteiger charge is 2.32. The SMILES string of the molecule is Cc1cccn2c(=O)c(C=C3SC(=S)N(CCCCCC(=O)O)C3=O)c(NC(C)C)nc12. The van der Waals surface area contributed by atoms with Crippen LogP contribution in [-0.2, 0) is 9.59 Å². The Hall–Kier alpha value is -2.72. The largest absolute Gasteiger partial charge is 0.481 e. The molecule has 0 aromatic carbocycles. The molecule has 0 radical (unpaired) electrons. The number of hydrogen-bond donors (Lipinski definition) is 2. The van der Waals surface area contributed by atoms with E-state index < -0.39 is 5.97 Å². The molecule has 3 heterocycles. The molecule has 0 bridgehead atoms. The first kappa shape index (κ1) is 23.9. The fourth-order valence-corrected chi connectivity index (χ4v) is 4.66. The molecule has 1 amide bonds. The molecule has 3 rings (SSSR count). The van der Waals surface area contributed by atoms with Crippen molar-refractivity contribution in [2.75, 3.05) is 11.9 Å². The topological polar surface area (TPSA) is 104 Å². The average Bonchev–Trinajstić information content (AvgIpc) is 2.98. The second-order valence-electron chi connectivity index (χ2n) is 7.90. The Bertz CT molecular complexity index is 1160. The van der Waals surface area contributed by atoms with Gasteiger partial charge in [-0.2, -0.15) is 0 Å². The van der Waals surface area contributed by atoms with Crippen LogP contribution in [0.5, 0.6) is 0 Å². The lowest BCUT2D eigenvalue weighted by Gasteiger charge is -2.15. The predicted molar refractivity (Wildman–Crippen MR) is 131 cm³/mol. The summed E-state index contributed by atoms with van der Waals surface area (Å²) in [4.78, 5) is 43.4. The summed E-state index contributed by atoms with van der Waals surface area (Å²) < 4.78 is 1.91. The van der Waals surface area contributed by atoms with Gasteiger partial charge in [-0.25, -0.2) is 4.98 Å². The van der Waals surface area contributed by atoms with E-state index in [1.807, 2.05) is 26.8 Å². The lowest BCUT2D eigenvalue weighted by molar-refractivity contribution is -0.137. The third-order valence-corrected chi connectivity index (χ3v) is 6.31. The van der Waals surface area contributed by atoms with Gasteiger partial charge in [0.15, 0.2) is 0 Å². The third kappa shape index (κ3) is 5.36. The van der Waals surface area contributed by atoms with Gasteiger partial charge in [0, 0.05) is 25.2 Å². The standard InChI is InChI=1S/C22H26N4O4S2/c1-13(2)23-18-15(20(29)25-11-7-8-14(3)19(25)24-18)12-16-21(30)26(22(31)32-16)10-6-4-5-9-17(27)28/h7-8,11-13,23H,4-6,9-10H2,1-3H3,(H,27,28). The van der Waals surface area contributed by atoms with Gasteiger partial charge in [0.2, 0.25) is 0 Å².